The van der Waals surface area contributed by atoms with Gasteiger partial charge in [-0.3, -0.25) is 0 Å². The lowest BCUT2D eigenvalue weighted by molar-refractivity contribution is 0.0597. The SMILES string of the molecule is COC(=O)c1cc(-c2ccco2)cc2c1Oc1ccccc1O2. The highest BCUT2D eigenvalue weighted by Crippen LogP contribution is 2.48. The summed E-state index contributed by atoms with van der Waals surface area (Å²) in [6.45, 7) is 0. The molecule has 0 unspecified atom stereocenters. The van der Waals surface area contributed by atoms with E-state index in [1.807, 2.05) is 12.1 Å². The minimum Gasteiger partial charge on any atom is -0.465 e. The van der Waals surface area contributed by atoms with Crippen LogP contribution in [0.4, 0.5) is 0 Å². The smallest absolute Gasteiger partial charge is 0.341 e. The Morgan fingerprint density at radius 3 is 2.43 bits per heavy atom. The van der Waals surface area contributed by atoms with Crippen LogP contribution in [0.3, 0.4) is 0 Å². The molecule has 0 spiro atoms. The molecule has 0 bridgehead atoms. The Kier molecular flexibility index (Phi) is 3.05. The Hall–Kier alpha value is -3.21. The van der Waals surface area contributed by atoms with E-state index in [1.54, 1.807) is 42.7 Å². The van der Waals surface area contributed by atoms with Gasteiger partial charge in [0.15, 0.2) is 23.0 Å². The molecule has 4 rings (SSSR count). The van der Waals surface area contributed by atoms with Gasteiger partial charge in [0.25, 0.3) is 0 Å². The number of ether oxygens (including phenoxy) is 3. The van der Waals surface area contributed by atoms with Crippen LogP contribution >= 0.6 is 0 Å². The molecule has 0 atom stereocenters. The number of fused-ring (bicyclic) bond motifs is 2. The van der Waals surface area contributed by atoms with Gasteiger partial charge in [0.1, 0.15) is 11.3 Å². The molecule has 1 aliphatic rings. The predicted molar refractivity (Wildman–Crippen MR) is 82.1 cm³/mol. The van der Waals surface area contributed by atoms with E-state index in [9.17, 15) is 4.79 Å². The number of hydrogen-bond acceptors (Lipinski definition) is 5. The quantitative estimate of drug-likeness (QED) is 0.505. The van der Waals surface area contributed by atoms with E-state index in [2.05, 4.69) is 0 Å². The van der Waals surface area contributed by atoms with Crippen LogP contribution in [0.1, 0.15) is 10.4 Å². The van der Waals surface area contributed by atoms with Crippen molar-refractivity contribution in [3.05, 3.63) is 60.4 Å². The number of carbonyl (C=O) groups excluding carboxylic acids is 1. The van der Waals surface area contributed by atoms with Crippen molar-refractivity contribution >= 4 is 5.97 Å². The molecule has 0 saturated carbocycles. The van der Waals surface area contributed by atoms with Gasteiger partial charge in [0, 0.05) is 5.56 Å². The van der Waals surface area contributed by atoms with Gasteiger partial charge in [-0.05, 0) is 36.4 Å². The van der Waals surface area contributed by atoms with Crippen molar-refractivity contribution in [1.29, 1.82) is 0 Å². The second-order valence-electron chi connectivity index (χ2n) is 4.97. The molecule has 0 fully saturated rings. The Labute approximate surface area is 132 Å². The van der Waals surface area contributed by atoms with E-state index in [0.717, 1.165) is 0 Å². The van der Waals surface area contributed by atoms with E-state index >= 15 is 0 Å². The summed E-state index contributed by atoms with van der Waals surface area (Å²) in [7, 11) is 1.33. The lowest BCUT2D eigenvalue weighted by Gasteiger charge is -2.22. The molecule has 2 aromatic carbocycles. The molecule has 0 aliphatic carbocycles. The molecule has 0 radical (unpaired) electrons. The zero-order valence-corrected chi connectivity index (χ0v) is 12.2. The largest absolute Gasteiger partial charge is 0.465 e. The zero-order chi connectivity index (χ0) is 15.8. The maximum Gasteiger partial charge on any atom is 0.341 e. The van der Waals surface area contributed by atoms with Crippen LogP contribution in [-0.4, -0.2) is 13.1 Å². The number of carbonyl (C=O) groups is 1. The monoisotopic (exact) mass is 308 g/mol. The average molecular weight is 308 g/mol. The number of methoxy groups -OCH3 is 1. The molecule has 0 amide bonds. The summed E-state index contributed by atoms with van der Waals surface area (Å²) in [5, 5.41) is 0. The molecule has 23 heavy (non-hydrogen) atoms. The van der Waals surface area contributed by atoms with Crippen LogP contribution in [0.2, 0.25) is 0 Å². The number of hydrogen-bond donors (Lipinski definition) is 0. The maximum atomic E-state index is 12.1. The molecule has 114 valence electrons. The van der Waals surface area contributed by atoms with Crippen molar-refractivity contribution in [1.82, 2.24) is 0 Å². The van der Waals surface area contributed by atoms with Crippen LogP contribution in [0, 0.1) is 0 Å². The van der Waals surface area contributed by atoms with Crippen LogP contribution in [0.15, 0.2) is 59.2 Å². The summed E-state index contributed by atoms with van der Waals surface area (Å²) in [5.41, 5.74) is 0.989. The molecule has 2 heterocycles. The van der Waals surface area contributed by atoms with Gasteiger partial charge in [0.2, 0.25) is 0 Å². The van der Waals surface area contributed by atoms with Gasteiger partial charge in [-0.2, -0.15) is 0 Å². The van der Waals surface area contributed by atoms with E-state index in [4.69, 9.17) is 18.6 Å². The van der Waals surface area contributed by atoms with Crippen molar-refractivity contribution in [3.63, 3.8) is 0 Å². The molecular formula is C18H12O5. The van der Waals surface area contributed by atoms with E-state index in [1.165, 1.54) is 7.11 Å². The first-order valence-electron chi connectivity index (χ1n) is 7.01. The molecule has 0 saturated heterocycles. The van der Waals surface area contributed by atoms with Crippen LogP contribution in [0.25, 0.3) is 11.3 Å². The summed E-state index contributed by atoms with van der Waals surface area (Å²) in [6.07, 6.45) is 1.57. The van der Waals surface area contributed by atoms with Crippen molar-refractivity contribution in [2.45, 2.75) is 0 Å². The van der Waals surface area contributed by atoms with Gasteiger partial charge < -0.3 is 18.6 Å². The zero-order valence-electron chi connectivity index (χ0n) is 12.2. The number of rotatable bonds is 2. The van der Waals surface area contributed by atoms with Crippen LogP contribution in [-0.2, 0) is 4.74 Å². The fourth-order valence-corrected chi connectivity index (χ4v) is 2.48. The summed E-state index contributed by atoms with van der Waals surface area (Å²) in [5.74, 6) is 2.05. The predicted octanol–water partition coefficient (Wildman–Crippen LogP) is 4.63. The summed E-state index contributed by atoms with van der Waals surface area (Å²) < 4.78 is 22.0. The summed E-state index contributed by atoms with van der Waals surface area (Å²) in [6, 6.07) is 14.3. The van der Waals surface area contributed by atoms with Gasteiger partial charge in [-0.25, -0.2) is 4.79 Å². The Bertz CT molecular complexity index is 880. The maximum absolute atomic E-state index is 12.1. The fourth-order valence-electron chi connectivity index (χ4n) is 2.48. The normalized spacial score (nSPS) is 11.7. The standard InChI is InChI=1S/C18H12O5/c1-20-18(19)12-9-11(13-7-4-8-21-13)10-16-17(12)23-15-6-3-2-5-14(15)22-16/h2-10H,1H3. The van der Waals surface area contributed by atoms with Crippen molar-refractivity contribution in [2.24, 2.45) is 0 Å². The Balaban J connectivity index is 1.89. The topological polar surface area (TPSA) is 57.9 Å². The molecule has 0 N–H and O–H groups in total. The summed E-state index contributed by atoms with van der Waals surface area (Å²) >= 11 is 0. The first kappa shape index (κ1) is 13.5. The first-order valence-corrected chi connectivity index (χ1v) is 7.01. The second kappa shape index (κ2) is 5.21. The molecular weight excluding hydrogens is 296 g/mol. The van der Waals surface area contributed by atoms with E-state index in [0.29, 0.717) is 34.3 Å². The molecule has 3 aromatic rings. The van der Waals surface area contributed by atoms with Crippen molar-refractivity contribution in [2.75, 3.05) is 7.11 Å². The highest BCUT2D eigenvalue weighted by molar-refractivity contribution is 5.95. The lowest BCUT2D eigenvalue weighted by Crippen LogP contribution is -2.08. The first-order chi connectivity index (χ1) is 11.3. The summed E-state index contributed by atoms with van der Waals surface area (Å²) in [4.78, 5) is 12.1. The number of para-hydroxylation sites is 2. The van der Waals surface area contributed by atoms with Crippen molar-refractivity contribution < 1.29 is 23.4 Å². The lowest BCUT2D eigenvalue weighted by atomic mass is 10.1. The number of benzene rings is 2. The van der Waals surface area contributed by atoms with Gasteiger partial charge in [0.05, 0.1) is 13.4 Å². The highest BCUT2D eigenvalue weighted by atomic mass is 16.6. The molecule has 1 aromatic heterocycles. The Morgan fingerprint density at radius 1 is 0.957 bits per heavy atom. The van der Waals surface area contributed by atoms with E-state index in [-0.39, 0.29) is 5.56 Å². The van der Waals surface area contributed by atoms with Gasteiger partial charge in [-0.1, -0.05) is 12.1 Å². The number of esters is 1. The molecule has 1 aliphatic heterocycles. The molecule has 5 heteroatoms. The third-order valence-corrected chi connectivity index (χ3v) is 3.55. The van der Waals surface area contributed by atoms with Crippen LogP contribution < -0.4 is 9.47 Å². The fraction of sp³-hybridized carbons (Fsp3) is 0.0556. The van der Waals surface area contributed by atoms with Crippen LogP contribution in [0.5, 0.6) is 23.0 Å². The van der Waals surface area contributed by atoms with E-state index < -0.39 is 5.97 Å². The van der Waals surface area contributed by atoms with Gasteiger partial charge in [-0.15, -0.1) is 0 Å². The third-order valence-electron chi connectivity index (χ3n) is 3.55. The Morgan fingerprint density at radius 2 is 1.74 bits per heavy atom. The second-order valence-corrected chi connectivity index (χ2v) is 4.97. The third kappa shape index (κ3) is 2.23. The minimum absolute atomic E-state index is 0.283. The highest BCUT2D eigenvalue weighted by Gasteiger charge is 2.26. The number of furan rings is 1. The minimum atomic E-state index is -0.502. The molecule has 5 nitrogen and oxygen atoms in total. The van der Waals surface area contributed by atoms with Gasteiger partial charge >= 0.3 is 5.97 Å². The van der Waals surface area contributed by atoms with Crippen molar-refractivity contribution in [3.8, 4) is 34.3 Å². The average Bonchev–Trinajstić information content (AvgIpc) is 3.13.